The van der Waals surface area contributed by atoms with Gasteiger partial charge in [0.2, 0.25) is 0 Å². The molecule has 10 heteroatoms. The molecule has 0 fully saturated rings. The van der Waals surface area contributed by atoms with Crippen molar-refractivity contribution < 1.29 is 18.4 Å². The maximum absolute atomic E-state index is 13.3. The summed E-state index contributed by atoms with van der Waals surface area (Å²) in [6.45, 7) is 1.76. The van der Waals surface area contributed by atoms with Crippen LogP contribution >= 0.6 is 34.8 Å². The number of hydrogen-bond donors (Lipinski definition) is 1. The van der Waals surface area contributed by atoms with Crippen molar-refractivity contribution in [1.29, 1.82) is 0 Å². The zero-order chi connectivity index (χ0) is 19.6. The lowest BCUT2D eigenvalue weighted by atomic mass is 9.94. The summed E-state index contributed by atoms with van der Waals surface area (Å²) in [5, 5.41) is 4.89. The van der Waals surface area contributed by atoms with Crippen molar-refractivity contribution in [2.24, 2.45) is 7.05 Å². The van der Waals surface area contributed by atoms with E-state index in [-0.39, 0.29) is 5.56 Å². The highest BCUT2D eigenvalue weighted by Gasteiger charge is 2.31. The number of aryl methyl sites for hydroxylation is 1. The van der Waals surface area contributed by atoms with Gasteiger partial charge < -0.3 is 0 Å². The largest absolute Gasteiger partial charge is 0.282 e. The topological polar surface area (TPSA) is 56.1 Å². The van der Waals surface area contributed by atoms with Crippen LogP contribution in [0.25, 0.3) is 0 Å². The van der Waals surface area contributed by atoms with Crippen LogP contribution in [0.1, 0.15) is 46.6 Å². The van der Waals surface area contributed by atoms with E-state index in [9.17, 15) is 13.6 Å². The molecule has 0 radical (unpaired) electrons. The van der Waals surface area contributed by atoms with Crippen LogP contribution in [-0.4, -0.2) is 22.8 Å². The van der Waals surface area contributed by atoms with Gasteiger partial charge in [0.25, 0.3) is 12.3 Å². The minimum Gasteiger partial charge on any atom is -0.277 e. The Morgan fingerprint density at radius 2 is 1.88 bits per heavy atom. The van der Waals surface area contributed by atoms with Crippen LogP contribution in [0.3, 0.4) is 0 Å². The number of alkyl halides is 2. The Bertz CT molecular complexity index is 804. The third-order valence-corrected chi connectivity index (χ3v) is 4.72. The third kappa shape index (κ3) is 4.28. The molecule has 0 bridgehead atoms. The predicted octanol–water partition coefficient (Wildman–Crippen LogP) is 4.96. The second-order valence-electron chi connectivity index (χ2n) is 5.66. The lowest BCUT2D eigenvalue weighted by molar-refractivity contribution is 0.0527. The van der Waals surface area contributed by atoms with Crippen molar-refractivity contribution in [3.63, 3.8) is 0 Å². The smallest absolute Gasteiger partial charge is 0.277 e. The lowest BCUT2D eigenvalue weighted by Gasteiger charge is -2.16. The first-order valence-electron chi connectivity index (χ1n) is 7.49. The maximum Gasteiger partial charge on any atom is 0.282 e. The maximum atomic E-state index is 13.3. The summed E-state index contributed by atoms with van der Waals surface area (Å²) in [4.78, 5) is 16.8. The number of nitrogens with zero attached hydrogens (tertiary/aromatic N) is 2. The van der Waals surface area contributed by atoms with E-state index in [1.165, 1.54) is 18.8 Å². The van der Waals surface area contributed by atoms with Gasteiger partial charge in [0.1, 0.15) is 5.69 Å². The number of carbonyl (C=O) groups excluding carboxylic acids is 1. The Kier molecular flexibility index (Phi) is 6.85. The Labute approximate surface area is 164 Å². The first-order valence-corrected chi connectivity index (χ1v) is 8.62. The molecule has 1 amide bonds. The number of aromatic nitrogens is 2. The van der Waals surface area contributed by atoms with Gasteiger partial charge in [-0.2, -0.15) is 5.10 Å². The summed E-state index contributed by atoms with van der Waals surface area (Å²) in [6, 6.07) is 3.09. The third-order valence-electron chi connectivity index (χ3n) is 3.83. The molecular weight excluding hydrogens is 411 g/mol. The van der Waals surface area contributed by atoms with Crippen molar-refractivity contribution in [2.45, 2.75) is 25.7 Å². The Hall–Kier alpha value is -1.41. The van der Waals surface area contributed by atoms with Gasteiger partial charge in [0.15, 0.2) is 0 Å². The molecule has 2 aromatic rings. The van der Waals surface area contributed by atoms with Crippen molar-refractivity contribution in [1.82, 2.24) is 15.3 Å². The summed E-state index contributed by atoms with van der Waals surface area (Å²) >= 11 is 18.3. The molecule has 1 aromatic carbocycles. The van der Waals surface area contributed by atoms with E-state index >= 15 is 0 Å². The molecule has 0 saturated carbocycles. The van der Waals surface area contributed by atoms with Gasteiger partial charge in [-0.3, -0.25) is 14.3 Å². The van der Waals surface area contributed by atoms with E-state index in [4.69, 9.17) is 34.8 Å². The SMILES string of the molecule is CONC(=O)c1c(C(F)F)nn(C)c1C(C)Cc1c(Cl)cc(Cl)cc1Cl. The highest BCUT2D eigenvalue weighted by atomic mass is 35.5. The summed E-state index contributed by atoms with van der Waals surface area (Å²) in [5.74, 6) is -1.19. The van der Waals surface area contributed by atoms with Crippen LogP contribution in [0.2, 0.25) is 15.1 Å². The molecule has 142 valence electrons. The van der Waals surface area contributed by atoms with E-state index < -0.39 is 23.9 Å². The molecule has 0 aliphatic carbocycles. The Morgan fingerprint density at radius 1 is 1.31 bits per heavy atom. The fourth-order valence-electron chi connectivity index (χ4n) is 2.82. The van der Waals surface area contributed by atoms with E-state index in [2.05, 4.69) is 15.4 Å². The van der Waals surface area contributed by atoms with Crippen molar-refractivity contribution in [2.75, 3.05) is 7.11 Å². The van der Waals surface area contributed by atoms with E-state index in [0.717, 1.165) is 0 Å². The molecule has 1 unspecified atom stereocenters. The second-order valence-corrected chi connectivity index (χ2v) is 6.91. The quantitative estimate of drug-likeness (QED) is 0.665. The number of rotatable bonds is 6. The van der Waals surface area contributed by atoms with Gasteiger partial charge >= 0.3 is 0 Å². The number of amides is 1. The highest BCUT2D eigenvalue weighted by molar-refractivity contribution is 6.39. The van der Waals surface area contributed by atoms with Gasteiger partial charge in [-0.05, 0) is 24.1 Å². The van der Waals surface area contributed by atoms with Crippen LogP contribution < -0.4 is 5.48 Å². The minimum atomic E-state index is -2.91. The predicted molar refractivity (Wildman–Crippen MR) is 96.2 cm³/mol. The molecule has 2 rings (SSSR count). The summed E-state index contributed by atoms with van der Waals surface area (Å²) in [5.41, 5.74) is 2.14. The van der Waals surface area contributed by atoms with Crippen LogP contribution in [0.4, 0.5) is 8.78 Å². The van der Waals surface area contributed by atoms with Crippen LogP contribution in [0, 0.1) is 0 Å². The Balaban J connectivity index is 2.49. The summed E-state index contributed by atoms with van der Waals surface area (Å²) < 4.78 is 27.9. The van der Waals surface area contributed by atoms with Crippen LogP contribution in [0.15, 0.2) is 12.1 Å². The molecule has 0 saturated heterocycles. The molecule has 1 aromatic heterocycles. The molecule has 1 N–H and O–H groups in total. The number of carbonyl (C=O) groups is 1. The molecule has 0 aliphatic rings. The second kappa shape index (κ2) is 8.52. The van der Waals surface area contributed by atoms with E-state index in [0.29, 0.717) is 32.7 Å². The summed E-state index contributed by atoms with van der Waals surface area (Å²) in [7, 11) is 2.71. The number of nitrogens with one attached hydrogen (secondary N) is 1. The van der Waals surface area contributed by atoms with Crippen LogP contribution in [0.5, 0.6) is 0 Å². The fraction of sp³-hybridized carbons (Fsp3) is 0.375. The van der Waals surface area contributed by atoms with Crippen molar-refractivity contribution in [3.8, 4) is 0 Å². The summed E-state index contributed by atoms with van der Waals surface area (Å²) in [6.07, 6.45) is -2.62. The van der Waals surface area contributed by atoms with Gasteiger partial charge in [-0.15, -0.1) is 0 Å². The monoisotopic (exact) mass is 425 g/mol. The van der Waals surface area contributed by atoms with E-state index in [1.54, 1.807) is 19.1 Å². The Morgan fingerprint density at radius 3 is 2.38 bits per heavy atom. The first-order chi connectivity index (χ1) is 12.2. The average molecular weight is 427 g/mol. The fourth-order valence-corrected chi connectivity index (χ4v) is 3.79. The van der Waals surface area contributed by atoms with Gasteiger partial charge in [0.05, 0.1) is 18.4 Å². The zero-order valence-corrected chi connectivity index (χ0v) is 16.4. The number of hydrogen-bond acceptors (Lipinski definition) is 3. The molecular formula is C16H16Cl3F2N3O2. The molecule has 5 nitrogen and oxygen atoms in total. The zero-order valence-electron chi connectivity index (χ0n) is 14.1. The lowest BCUT2D eigenvalue weighted by Crippen LogP contribution is -2.25. The van der Waals surface area contributed by atoms with Crippen molar-refractivity contribution >= 4 is 40.7 Å². The first kappa shape index (κ1) is 20.9. The van der Waals surface area contributed by atoms with Gasteiger partial charge in [-0.1, -0.05) is 41.7 Å². The molecule has 26 heavy (non-hydrogen) atoms. The van der Waals surface area contributed by atoms with Gasteiger partial charge in [0, 0.05) is 28.0 Å². The minimum absolute atomic E-state index is 0.224. The highest BCUT2D eigenvalue weighted by Crippen LogP contribution is 2.35. The number of halogens is 5. The number of benzene rings is 1. The normalized spacial score (nSPS) is 12.5. The molecule has 0 aliphatic heterocycles. The van der Waals surface area contributed by atoms with Crippen LogP contribution in [-0.2, 0) is 18.3 Å². The number of hydroxylamine groups is 1. The standard InChI is InChI=1S/C16H16Cl3F2N3O2/c1-7(4-9-10(18)5-8(17)6-11(9)19)14-12(16(25)23-26-3)13(15(20)21)22-24(14)2/h5-7,15H,4H2,1-3H3,(H,23,25). The average Bonchev–Trinajstić information content (AvgIpc) is 2.88. The van der Waals surface area contributed by atoms with E-state index in [1.807, 2.05) is 0 Å². The molecule has 0 spiro atoms. The van der Waals surface area contributed by atoms with Gasteiger partial charge in [-0.25, -0.2) is 14.3 Å². The van der Waals surface area contributed by atoms with Crippen molar-refractivity contribution in [3.05, 3.63) is 49.7 Å². The molecule has 1 heterocycles. The molecule has 1 atom stereocenters.